The monoisotopic (exact) mass is 428 g/mol. The summed E-state index contributed by atoms with van der Waals surface area (Å²) in [5.74, 6) is 0. The summed E-state index contributed by atoms with van der Waals surface area (Å²) in [4.78, 5) is 18.7. The van der Waals surface area contributed by atoms with Crippen LogP contribution >= 0.6 is 0 Å². The Labute approximate surface area is 178 Å². The van der Waals surface area contributed by atoms with Crippen molar-refractivity contribution in [2.45, 2.75) is 32.0 Å². The van der Waals surface area contributed by atoms with Crippen LogP contribution in [0.1, 0.15) is 24.1 Å². The van der Waals surface area contributed by atoms with E-state index in [1.807, 2.05) is 43.3 Å². The van der Waals surface area contributed by atoms with E-state index >= 15 is 0 Å². The molecule has 0 saturated carbocycles. The second kappa shape index (κ2) is 8.45. The molecule has 162 valence electrons. The number of hydrogen-bond acceptors (Lipinski definition) is 3. The Morgan fingerprint density at radius 2 is 1.77 bits per heavy atom. The maximum absolute atomic E-state index is 13.2. The number of nitrogens with one attached hydrogen (secondary N) is 2. The van der Waals surface area contributed by atoms with Gasteiger partial charge in [-0.3, -0.25) is 4.98 Å². The van der Waals surface area contributed by atoms with E-state index in [0.29, 0.717) is 36.8 Å². The number of hydrogen-bond donors (Lipinski definition) is 2. The van der Waals surface area contributed by atoms with Gasteiger partial charge in [-0.1, -0.05) is 18.2 Å². The summed E-state index contributed by atoms with van der Waals surface area (Å²) in [6, 6.07) is 14.4. The molecule has 5 nitrogen and oxygen atoms in total. The number of amides is 2. The highest BCUT2D eigenvalue weighted by Crippen LogP contribution is 2.35. The molecule has 1 aliphatic heterocycles. The number of halogens is 3. The highest BCUT2D eigenvalue weighted by atomic mass is 19.4. The molecule has 1 aromatic heterocycles. The molecule has 0 atom stereocenters. The molecule has 8 heteroatoms. The third kappa shape index (κ3) is 4.90. The molecule has 2 N–H and O–H groups in total. The van der Waals surface area contributed by atoms with Gasteiger partial charge in [0.1, 0.15) is 0 Å². The van der Waals surface area contributed by atoms with Gasteiger partial charge in [0.2, 0.25) is 0 Å². The van der Waals surface area contributed by atoms with Crippen LogP contribution in [0.4, 0.5) is 29.3 Å². The first kappa shape index (κ1) is 21.0. The van der Waals surface area contributed by atoms with Crippen LogP contribution in [0, 0.1) is 6.92 Å². The maximum Gasteiger partial charge on any atom is 0.416 e. The SMILES string of the molecule is Cc1cc(N2CCC(NC(=O)Nc3ccccc3)CC2)c2cc(C(F)(F)F)ccc2n1. The van der Waals surface area contributed by atoms with E-state index in [1.54, 1.807) is 0 Å². The molecule has 1 saturated heterocycles. The number of piperidine rings is 1. The topological polar surface area (TPSA) is 57.3 Å². The van der Waals surface area contributed by atoms with Gasteiger partial charge in [-0.2, -0.15) is 13.2 Å². The number of anilines is 2. The lowest BCUT2D eigenvalue weighted by molar-refractivity contribution is -0.137. The zero-order chi connectivity index (χ0) is 22.0. The van der Waals surface area contributed by atoms with Gasteiger partial charge in [0.15, 0.2) is 0 Å². The van der Waals surface area contributed by atoms with Crippen LogP contribution in [0.25, 0.3) is 10.9 Å². The highest BCUT2D eigenvalue weighted by molar-refractivity contribution is 5.93. The largest absolute Gasteiger partial charge is 0.416 e. The molecule has 4 rings (SSSR count). The second-order valence-electron chi connectivity index (χ2n) is 7.74. The van der Waals surface area contributed by atoms with Crippen LogP contribution in [0.3, 0.4) is 0 Å². The zero-order valence-electron chi connectivity index (χ0n) is 17.0. The van der Waals surface area contributed by atoms with E-state index < -0.39 is 11.7 Å². The summed E-state index contributed by atoms with van der Waals surface area (Å²) in [6.07, 6.45) is -3.01. The van der Waals surface area contributed by atoms with Gasteiger partial charge in [-0.15, -0.1) is 0 Å². The molecular weight excluding hydrogens is 405 g/mol. The minimum Gasteiger partial charge on any atom is -0.371 e. The standard InChI is InChI=1S/C23H23F3N4O/c1-15-13-21(19-14-16(23(24,25)26)7-8-20(19)27-15)30-11-9-18(10-12-30)29-22(31)28-17-5-3-2-4-6-17/h2-8,13-14,18H,9-12H2,1H3,(H2,28,29,31). The van der Waals surface area contributed by atoms with Crippen molar-refractivity contribution in [1.82, 2.24) is 10.3 Å². The van der Waals surface area contributed by atoms with E-state index in [9.17, 15) is 18.0 Å². The van der Waals surface area contributed by atoms with Crippen LogP contribution in [0.2, 0.25) is 0 Å². The molecule has 2 amide bonds. The van der Waals surface area contributed by atoms with Crippen LogP contribution in [-0.2, 0) is 6.18 Å². The van der Waals surface area contributed by atoms with E-state index in [0.717, 1.165) is 23.1 Å². The lowest BCUT2D eigenvalue weighted by Gasteiger charge is -2.34. The zero-order valence-corrected chi connectivity index (χ0v) is 17.0. The quantitative estimate of drug-likeness (QED) is 0.591. The molecule has 1 fully saturated rings. The lowest BCUT2D eigenvalue weighted by Crippen LogP contribution is -2.46. The molecule has 0 aliphatic carbocycles. The molecule has 2 aromatic carbocycles. The lowest BCUT2D eigenvalue weighted by atomic mass is 10.0. The first-order valence-electron chi connectivity index (χ1n) is 10.2. The summed E-state index contributed by atoms with van der Waals surface area (Å²) in [7, 11) is 0. The van der Waals surface area contributed by atoms with Crippen LogP contribution in [0.5, 0.6) is 0 Å². The molecule has 3 aromatic rings. The van der Waals surface area contributed by atoms with E-state index in [2.05, 4.69) is 20.5 Å². The summed E-state index contributed by atoms with van der Waals surface area (Å²) in [6.45, 7) is 3.10. The molecule has 2 heterocycles. The van der Waals surface area contributed by atoms with E-state index in [4.69, 9.17) is 0 Å². The van der Waals surface area contributed by atoms with Crippen molar-refractivity contribution in [3.05, 3.63) is 65.9 Å². The number of aryl methyl sites for hydroxylation is 1. The smallest absolute Gasteiger partial charge is 0.371 e. The fraction of sp³-hybridized carbons (Fsp3) is 0.304. The van der Waals surface area contributed by atoms with Crippen molar-refractivity contribution in [1.29, 1.82) is 0 Å². The van der Waals surface area contributed by atoms with Gasteiger partial charge in [0, 0.05) is 41.6 Å². The fourth-order valence-corrected chi connectivity index (χ4v) is 3.91. The Kier molecular flexibility index (Phi) is 5.71. The van der Waals surface area contributed by atoms with E-state index in [-0.39, 0.29) is 12.1 Å². The molecule has 31 heavy (non-hydrogen) atoms. The van der Waals surface area contributed by atoms with Crippen molar-refractivity contribution in [2.24, 2.45) is 0 Å². The summed E-state index contributed by atoms with van der Waals surface area (Å²) in [5, 5.41) is 6.28. The Morgan fingerprint density at radius 3 is 2.45 bits per heavy atom. The van der Waals surface area contributed by atoms with Crippen LogP contribution in [-0.4, -0.2) is 30.1 Å². The molecular formula is C23H23F3N4O. The van der Waals surface area contributed by atoms with Crippen molar-refractivity contribution in [3.63, 3.8) is 0 Å². The number of aromatic nitrogens is 1. The van der Waals surface area contributed by atoms with Crippen molar-refractivity contribution in [2.75, 3.05) is 23.3 Å². The summed E-state index contributed by atoms with van der Waals surface area (Å²) >= 11 is 0. The predicted octanol–water partition coefficient (Wildman–Crippen LogP) is 5.35. The number of para-hydroxylation sites is 1. The Hall–Kier alpha value is -3.29. The molecule has 0 unspecified atom stereocenters. The normalized spacial score (nSPS) is 15.2. The maximum atomic E-state index is 13.2. The van der Waals surface area contributed by atoms with Crippen LogP contribution in [0.15, 0.2) is 54.6 Å². The van der Waals surface area contributed by atoms with Crippen LogP contribution < -0.4 is 15.5 Å². The third-order valence-electron chi connectivity index (χ3n) is 5.44. The number of carbonyl (C=O) groups excluding carboxylic acids is 1. The van der Waals surface area contributed by atoms with Gasteiger partial charge in [-0.25, -0.2) is 4.79 Å². The molecule has 0 radical (unpaired) electrons. The van der Waals surface area contributed by atoms with Gasteiger partial charge in [-0.05, 0) is 56.2 Å². The van der Waals surface area contributed by atoms with Crippen molar-refractivity contribution >= 4 is 28.3 Å². The minimum absolute atomic E-state index is 0.0000956. The summed E-state index contributed by atoms with van der Waals surface area (Å²) < 4.78 is 39.7. The number of urea groups is 1. The average molecular weight is 428 g/mol. The van der Waals surface area contributed by atoms with Crippen molar-refractivity contribution < 1.29 is 18.0 Å². The fourth-order valence-electron chi connectivity index (χ4n) is 3.91. The highest BCUT2D eigenvalue weighted by Gasteiger charge is 2.31. The number of nitrogens with zero attached hydrogens (tertiary/aromatic N) is 2. The van der Waals surface area contributed by atoms with Crippen molar-refractivity contribution in [3.8, 4) is 0 Å². The number of fused-ring (bicyclic) bond motifs is 1. The number of carbonyl (C=O) groups is 1. The number of alkyl halides is 3. The third-order valence-corrected chi connectivity index (χ3v) is 5.44. The van der Waals surface area contributed by atoms with Gasteiger partial charge in [0.05, 0.1) is 11.1 Å². The van der Waals surface area contributed by atoms with Gasteiger partial charge >= 0.3 is 12.2 Å². The Morgan fingerprint density at radius 1 is 1.06 bits per heavy atom. The molecule has 0 bridgehead atoms. The first-order chi connectivity index (χ1) is 14.8. The second-order valence-corrected chi connectivity index (χ2v) is 7.74. The molecule has 0 spiro atoms. The predicted molar refractivity (Wildman–Crippen MR) is 115 cm³/mol. The van der Waals surface area contributed by atoms with Gasteiger partial charge < -0.3 is 15.5 Å². The average Bonchev–Trinajstić information content (AvgIpc) is 2.73. The minimum atomic E-state index is -4.40. The summed E-state index contributed by atoms with van der Waals surface area (Å²) in [5.41, 5.74) is 2.09. The Bertz CT molecular complexity index is 1080. The molecule has 1 aliphatic rings. The number of benzene rings is 2. The number of rotatable bonds is 3. The Balaban J connectivity index is 1.46. The van der Waals surface area contributed by atoms with Gasteiger partial charge in [0.25, 0.3) is 0 Å². The first-order valence-corrected chi connectivity index (χ1v) is 10.2. The van der Waals surface area contributed by atoms with E-state index in [1.165, 1.54) is 12.1 Å². The number of pyridine rings is 1.